The van der Waals surface area contributed by atoms with Crippen LogP contribution < -0.4 is 10.6 Å². The van der Waals surface area contributed by atoms with Crippen molar-refractivity contribution in [1.82, 2.24) is 20.4 Å². The average molecular weight is 382 g/mol. The van der Waals surface area contributed by atoms with E-state index in [2.05, 4.69) is 39.5 Å². The zero-order valence-corrected chi connectivity index (χ0v) is 17.2. The molecule has 1 aliphatic rings. The molecule has 8 heteroatoms. The highest BCUT2D eigenvalue weighted by Gasteiger charge is 2.22. The molecule has 1 aliphatic heterocycles. The Labute approximate surface area is 157 Å². The van der Waals surface area contributed by atoms with Crippen molar-refractivity contribution < 1.29 is 8.42 Å². The Hall–Kier alpha value is -1.64. The highest BCUT2D eigenvalue weighted by molar-refractivity contribution is 7.90. The minimum absolute atomic E-state index is 0.383. The van der Waals surface area contributed by atoms with Crippen LogP contribution in [0.1, 0.15) is 11.1 Å². The molecule has 0 amide bonds. The van der Waals surface area contributed by atoms with Crippen LogP contribution in [0.3, 0.4) is 0 Å². The average Bonchev–Trinajstić information content (AvgIpc) is 2.56. The molecule has 1 unspecified atom stereocenters. The van der Waals surface area contributed by atoms with Crippen molar-refractivity contribution >= 4 is 15.8 Å². The van der Waals surface area contributed by atoms with Gasteiger partial charge >= 0.3 is 0 Å². The maximum absolute atomic E-state index is 11.7. The van der Waals surface area contributed by atoms with E-state index in [-0.39, 0.29) is 0 Å². The van der Waals surface area contributed by atoms with Crippen LogP contribution in [0.5, 0.6) is 0 Å². The standard InChI is InChI=1S/C18H31N5O2S/c1-14-10-15(6-7-17(14)26(5,24)25)11-20-18(19-2)21-12-16-13-22(3)8-9-23(16)4/h6-7,10,16H,8-9,11-13H2,1-5H3,(H2,19,20,21). The Morgan fingerprint density at radius 1 is 1.27 bits per heavy atom. The summed E-state index contributed by atoms with van der Waals surface area (Å²) >= 11 is 0. The lowest BCUT2D eigenvalue weighted by Crippen LogP contribution is -2.55. The van der Waals surface area contributed by atoms with E-state index in [9.17, 15) is 8.42 Å². The van der Waals surface area contributed by atoms with Crippen LogP contribution in [0.25, 0.3) is 0 Å². The van der Waals surface area contributed by atoms with Crippen LogP contribution in [-0.2, 0) is 16.4 Å². The Morgan fingerprint density at radius 2 is 2.00 bits per heavy atom. The zero-order valence-electron chi connectivity index (χ0n) is 16.4. The summed E-state index contributed by atoms with van der Waals surface area (Å²) in [6, 6.07) is 5.86. The number of hydrogen-bond acceptors (Lipinski definition) is 5. The lowest BCUT2D eigenvalue weighted by molar-refractivity contribution is 0.116. The number of nitrogens with one attached hydrogen (secondary N) is 2. The highest BCUT2D eigenvalue weighted by atomic mass is 32.2. The van der Waals surface area contributed by atoms with Gasteiger partial charge in [-0.25, -0.2) is 8.42 Å². The fourth-order valence-corrected chi connectivity index (χ4v) is 4.14. The van der Waals surface area contributed by atoms with Gasteiger partial charge in [0.25, 0.3) is 0 Å². The third-order valence-electron chi connectivity index (χ3n) is 4.81. The van der Waals surface area contributed by atoms with Gasteiger partial charge in [0.2, 0.25) is 0 Å². The molecule has 0 bridgehead atoms. The Morgan fingerprint density at radius 3 is 2.62 bits per heavy atom. The van der Waals surface area contributed by atoms with Crippen molar-refractivity contribution in [1.29, 1.82) is 0 Å². The number of nitrogens with zero attached hydrogens (tertiary/aromatic N) is 3. The monoisotopic (exact) mass is 381 g/mol. The predicted molar refractivity (Wildman–Crippen MR) is 106 cm³/mol. The molecule has 1 aromatic carbocycles. The predicted octanol–water partition coefficient (Wildman–Crippen LogP) is 0.309. The molecular weight excluding hydrogens is 350 g/mol. The number of aliphatic imine (C=N–C) groups is 1. The van der Waals surface area contributed by atoms with E-state index in [1.165, 1.54) is 6.26 Å². The number of guanidine groups is 1. The van der Waals surface area contributed by atoms with Crippen LogP contribution in [0.2, 0.25) is 0 Å². The summed E-state index contributed by atoms with van der Waals surface area (Å²) in [7, 11) is 2.87. The molecule has 1 heterocycles. The van der Waals surface area contributed by atoms with E-state index in [4.69, 9.17) is 0 Å². The molecular formula is C18H31N5O2S. The lowest BCUT2D eigenvalue weighted by atomic mass is 10.1. The summed E-state index contributed by atoms with van der Waals surface area (Å²) in [4.78, 5) is 9.37. The molecule has 1 atom stereocenters. The number of likely N-dealkylation sites (N-methyl/N-ethyl adjacent to an activating group) is 2. The summed E-state index contributed by atoms with van der Waals surface area (Å²) in [5.41, 5.74) is 1.79. The second kappa shape index (κ2) is 8.83. The van der Waals surface area contributed by atoms with Crippen molar-refractivity contribution in [3.63, 3.8) is 0 Å². The largest absolute Gasteiger partial charge is 0.355 e. The molecule has 2 rings (SSSR count). The smallest absolute Gasteiger partial charge is 0.191 e. The molecule has 7 nitrogen and oxygen atoms in total. The summed E-state index contributed by atoms with van der Waals surface area (Å²) in [5.74, 6) is 0.747. The SMILES string of the molecule is CN=C(NCc1ccc(S(C)(=O)=O)c(C)c1)NCC1CN(C)CCN1C. The van der Waals surface area contributed by atoms with E-state index in [1.807, 2.05) is 19.1 Å². The van der Waals surface area contributed by atoms with Crippen molar-refractivity contribution in [3.8, 4) is 0 Å². The van der Waals surface area contributed by atoms with Crippen LogP contribution in [0.4, 0.5) is 0 Å². The van der Waals surface area contributed by atoms with Crippen molar-refractivity contribution in [2.75, 3.05) is 53.6 Å². The van der Waals surface area contributed by atoms with E-state index >= 15 is 0 Å². The first-order valence-electron chi connectivity index (χ1n) is 8.83. The van der Waals surface area contributed by atoms with Gasteiger partial charge in [-0.2, -0.15) is 0 Å². The van der Waals surface area contributed by atoms with E-state index in [0.29, 0.717) is 17.5 Å². The van der Waals surface area contributed by atoms with Gasteiger partial charge in [-0.05, 0) is 38.2 Å². The highest BCUT2D eigenvalue weighted by Crippen LogP contribution is 2.16. The first kappa shape index (κ1) is 20.7. The Kier molecular flexibility index (Phi) is 7.02. The Balaban J connectivity index is 1.90. The van der Waals surface area contributed by atoms with Gasteiger partial charge < -0.3 is 15.5 Å². The minimum atomic E-state index is -3.18. The number of piperazine rings is 1. The van der Waals surface area contributed by atoms with Gasteiger partial charge in [0, 0.05) is 52.1 Å². The quantitative estimate of drug-likeness (QED) is 0.565. The first-order valence-corrected chi connectivity index (χ1v) is 10.7. The van der Waals surface area contributed by atoms with Crippen LogP contribution in [-0.4, -0.2) is 83.8 Å². The van der Waals surface area contributed by atoms with Gasteiger partial charge in [-0.15, -0.1) is 0 Å². The second-order valence-corrected chi connectivity index (χ2v) is 9.06. The molecule has 26 heavy (non-hydrogen) atoms. The van der Waals surface area contributed by atoms with Crippen LogP contribution >= 0.6 is 0 Å². The van der Waals surface area contributed by atoms with Gasteiger partial charge in [0.15, 0.2) is 15.8 Å². The zero-order chi connectivity index (χ0) is 19.3. The summed E-state index contributed by atoms with van der Waals surface area (Å²) in [6.07, 6.45) is 1.23. The number of sulfone groups is 1. The lowest BCUT2D eigenvalue weighted by Gasteiger charge is -2.37. The molecule has 0 saturated carbocycles. The summed E-state index contributed by atoms with van der Waals surface area (Å²) in [5, 5.41) is 6.68. The van der Waals surface area contributed by atoms with Crippen molar-refractivity contribution in [2.45, 2.75) is 24.4 Å². The van der Waals surface area contributed by atoms with Gasteiger partial charge in [-0.3, -0.25) is 9.89 Å². The van der Waals surface area contributed by atoms with Crippen molar-refractivity contribution in [3.05, 3.63) is 29.3 Å². The third kappa shape index (κ3) is 5.69. The number of hydrogen-bond donors (Lipinski definition) is 2. The number of aryl methyl sites for hydroxylation is 1. The van der Waals surface area contributed by atoms with Crippen molar-refractivity contribution in [2.24, 2.45) is 4.99 Å². The maximum Gasteiger partial charge on any atom is 0.191 e. The molecule has 1 fully saturated rings. The van der Waals surface area contributed by atoms with E-state index < -0.39 is 9.84 Å². The van der Waals surface area contributed by atoms with Crippen LogP contribution in [0, 0.1) is 6.92 Å². The second-order valence-electron chi connectivity index (χ2n) is 7.08. The van der Waals surface area contributed by atoms with Gasteiger partial charge in [0.05, 0.1) is 4.90 Å². The molecule has 0 radical (unpaired) electrons. The van der Waals surface area contributed by atoms with E-state index in [0.717, 1.165) is 43.3 Å². The fraction of sp³-hybridized carbons (Fsp3) is 0.611. The maximum atomic E-state index is 11.7. The topological polar surface area (TPSA) is 77.0 Å². The molecule has 1 saturated heterocycles. The number of benzene rings is 1. The molecule has 1 aromatic rings. The Bertz CT molecular complexity index is 748. The third-order valence-corrected chi connectivity index (χ3v) is 6.06. The van der Waals surface area contributed by atoms with Gasteiger partial charge in [-0.1, -0.05) is 12.1 Å². The minimum Gasteiger partial charge on any atom is -0.355 e. The molecule has 146 valence electrons. The molecule has 2 N–H and O–H groups in total. The normalized spacial score (nSPS) is 20.2. The molecule has 0 spiro atoms. The summed E-state index contributed by atoms with van der Waals surface area (Å²) in [6.45, 7) is 6.44. The fourth-order valence-electron chi connectivity index (χ4n) is 3.18. The van der Waals surface area contributed by atoms with Gasteiger partial charge in [0.1, 0.15) is 0 Å². The number of rotatable bonds is 5. The molecule has 0 aromatic heterocycles. The van der Waals surface area contributed by atoms with E-state index in [1.54, 1.807) is 13.1 Å². The first-order chi connectivity index (χ1) is 12.2. The van der Waals surface area contributed by atoms with Crippen LogP contribution in [0.15, 0.2) is 28.1 Å². The molecule has 0 aliphatic carbocycles. The summed E-state index contributed by atoms with van der Waals surface area (Å²) < 4.78 is 23.4.